The van der Waals surface area contributed by atoms with Gasteiger partial charge in [-0.15, -0.1) is 0 Å². The van der Waals surface area contributed by atoms with Crippen LogP contribution in [0.2, 0.25) is 0 Å². The Morgan fingerprint density at radius 3 is 2.47 bits per heavy atom. The first kappa shape index (κ1) is 21.6. The zero-order chi connectivity index (χ0) is 22.0. The van der Waals surface area contributed by atoms with Crippen molar-refractivity contribution in [2.75, 3.05) is 34.3 Å². The summed E-state index contributed by atoms with van der Waals surface area (Å²) < 4.78 is 5.40. The molecule has 158 valence electrons. The molecule has 3 rings (SSSR count). The number of aliphatic hydroxyl groups excluding tert-OH is 1. The lowest BCUT2D eigenvalue weighted by atomic mass is 9.92. The van der Waals surface area contributed by atoms with Crippen LogP contribution >= 0.6 is 0 Å². The first-order chi connectivity index (χ1) is 14.3. The zero-order valence-electron chi connectivity index (χ0n) is 18.1. The van der Waals surface area contributed by atoms with E-state index in [1.54, 1.807) is 17.0 Å². The van der Waals surface area contributed by atoms with Crippen LogP contribution in [0.5, 0.6) is 5.75 Å². The highest BCUT2D eigenvalue weighted by atomic mass is 16.5. The van der Waals surface area contributed by atoms with Crippen LogP contribution in [0.1, 0.15) is 28.3 Å². The van der Waals surface area contributed by atoms with E-state index in [9.17, 15) is 14.7 Å². The molecule has 6 nitrogen and oxygen atoms in total. The third kappa shape index (κ3) is 3.96. The average Bonchev–Trinajstić information content (AvgIpc) is 2.96. The maximum atomic E-state index is 13.1. The minimum absolute atomic E-state index is 0.0944. The molecular formula is C24H28N2O4. The van der Waals surface area contributed by atoms with Gasteiger partial charge >= 0.3 is 0 Å². The van der Waals surface area contributed by atoms with E-state index < -0.39 is 17.7 Å². The largest absolute Gasteiger partial charge is 0.507 e. The number of rotatable bonds is 6. The van der Waals surface area contributed by atoms with E-state index in [2.05, 4.69) is 0 Å². The number of likely N-dealkylation sites (tertiary alicyclic amines) is 1. The van der Waals surface area contributed by atoms with Crippen molar-refractivity contribution in [2.24, 2.45) is 0 Å². The number of methoxy groups -OCH3 is 1. The lowest BCUT2D eigenvalue weighted by Gasteiger charge is -2.27. The van der Waals surface area contributed by atoms with Crippen molar-refractivity contribution in [1.82, 2.24) is 9.80 Å². The lowest BCUT2D eigenvalue weighted by molar-refractivity contribution is -0.140. The summed E-state index contributed by atoms with van der Waals surface area (Å²) in [5, 5.41) is 11.3. The van der Waals surface area contributed by atoms with Gasteiger partial charge in [0.25, 0.3) is 11.7 Å². The van der Waals surface area contributed by atoms with Gasteiger partial charge in [-0.2, -0.15) is 0 Å². The summed E-state index contributed by atoms with van der Waals surface area (Å²) in [4.78, 5) is 29.6. The third-order valence-electron chi connectivity index (χ3n) is 5.42. The van der Waals surface area contributed by atoms with Gasteiger partial charge in [-0.25, -0.2) is 0 Å². The molecule has 1 unspecified atom stereocenters. The Kier molecular flexibility index (Phi) is 6.27. The van der Waals surface area contributed by atoms with E-state index in [1.165, 1.54) is 7.11 Å². The summed E-state index contributed by atoms with van der Waals surface area (Å²) in [6.45, 7) is 4.81. The van der Waals surface area contributed by atoms with E-state index in [0.29, 0.717) is 24.4 Å². The van der Waals surface area contributed by atoms with E-state index in [4.69, 9.17) is 4.74 Å². The fourth-order valence-corrected chi connectivity index (χ4v) is 3.79. The summed E-state index contributed by atoms with van der Waals surface area (Å²) in [6.07, 6.45) is 0. The number of hydrogen-bond donors (Lipinski definition) is 1. The normalized spacial score (nSPS) is 18.3. The van der Waals surface area contributed by atoms with Crippen molar-refractivity contribution in [2.45, 2.75) is 19.9 Å². The first-order valence-corrected chi connectivity index (χ1v) is 9.90. The van der Waals surface area contributed by atoms with Crippen molar-refractivity contribution < 1.29 is 19.4 Å². The number of ketones is 1. The number of carbonyl (C=O) groups is 2. The second kappa shape index (κ2) is 8.71. The molecule has 0 radical (unpaired) electrons. The van der Waals surface area contributed by atoms with E-state index in [-0.39, 0.29) is 11.3 Å². The van der Waals surface area contributed by atoms with E-state index >= 15 is 0 Å². The van der Waals surface area contributed by atoms with Crippen LogP contribution in [0.4, 0.5) is 0 Å². The van der Waals surface area contributed by atoms with Gasteiger partial charge in [0, 0.05) is 13.1 Å². The predicted octanol–water partition coefficient (Wildman–Crippen LogP) is 3.30. The first-order valence-electron chi connectivity index (χ1n) is 9.90. The van der Waals surface area contributed by atoms with Crippen molar-refractivity contribution >= 4 is 17.4 Å². The van der Waals surface area contributed by atoms with Crippen LogP contribution < -0.4 is 4.74 Å². The molecule has 1 atom stereocenters. The number of carbonyl (C=O) groups excluding carboxylic acids is 2. The van der Waals surface area contributed by atoms with Gasteiger partial charge in [0.05, 0.1) is 24.3 Å². The number of aliphatic hydroxyl groups is 1. The maximum absolute atomic E-state index is 13.1. The van der Waals surface area contributed by atoms with Gasteiger partial charge in [-0.05, 0) is 51.2 Å². The van der Waals surface area contributed by atoms with Crippen LogP contribution in [0.15, 0.2) is 48.0 Å². The van der Waals surface area contributed by atoms with Crippen molar-refractivity contribution in [1.29, 1.82) is 0 Å². The molecule has 1 saturated heterocycles. The van der Waals surface area contributed by atoms with E-state index in [0.717, 1.165) is 16.7 Å². The van der Waals surface area contributed by atoms with Crippen molar-refractivity contribution in [3.63, 3.8) is 0 Å². The molecular weight excluding hydrogens is 380 g/mol. The molecule has 0 bridgehead atoms. The number of nitrogens with zero attached hydrogens (tertiary/aromatic N) is 2. The monoisotopic (exact) mass is 408 g/mol. The number of ether oxygens (including phenoxy) is 1. The van der Waals surface area contributed by atoms with Gasteiger partial charge in [-0.3, -0.25) is 9.59 Å². The molecule has 1 fully saturated rings. The molecule has 0 spiro atoms. The lowest BCUT2D eigenvalue weighted by Crippen LogP contribution is -2.35. The van der Waals surface area contributed by atoms with Gasteiger partial charge in [-0.1, -0.05) is 35.9 Å². The minimum atomic E-state index is -0.678. The highest BCUT2D eigenvalue weighted by molar-refractivity contribution is 6.46. The fraction of sp³-hybridized carbons (Fsp3) is 0.333. The molecule has 1 N–H and O–H groups in total. The minimum Gasteiger partial charge on any atom is -0.507 e. The molecule has 30 heavy (non-hydrogen) atoms. The Bertz CT molecular complexity index is 1010. The average molecular weight is 408 g/mol. The summed E-state index contributed by atoms with van der Waals surface area (Å²) in [5.41, 5.74) is 3.18. The van der Waals surface area contributed by atoms with Gasteiger partial charge in [0.15, 0.2) is 0 Å². The molecule has 6 heteroatoms. The van der Waals surface area contributed by atoms with Crippen LogP contribution in [-0.4, -0.2) is 60.9 Å². The summed E-state index contributed by atoms with van der Waals surface area (Å²) in [6, 6.07) is 12.3. The van der Waals surface area contributed by atoms with E-state index in [1.807, 2.05) is 63.2 Å². The SMILES string of the molecule is COc1ccc(C)cc1/C(O)=C1\C(=O)C(=O)N(CCN(C)C)C1c1ccccc1C. The smallest absolute Gasteiger partial charge is 0.295 e. The van der Waals surface area contributed by atoms with Crippen LogP contribution in [0.3, 0.4) is 0 Å². The topological polar surface area (TPSA) is 70.1 Å². The fourth-order valence-electron chi connectivity index (χ4n) is 3.79. The van der Waals surface area contributed by atoms with Crippen LogP contribution in [-0.2, 0) is 9.59 Å². The predicted molar refractivity (Wildman–Crippen MR) is 116 cm³/mol. The van der Waals surface area contributed by atoms with Gasteiger partial charge < -0.3 is 19.6 Å². The molecule has 0 saturated carbocycles. The highest BCUT2D eigenvalue weighted by Gasteiger charge is 2.46. The molecule has 2 aromatic rings. The maximum Gasteiger partial charge on any atom is 0.295 e. The Morgan fingerprint density at radius 2 is 1.83 bits per heavy atom. The second-order valence-corrected chi connectivity index (χ2v) is 7.86. The van der Waals surface area contributed by atoms with Gasteiger partial charge in [0.1, 0.15) is 11.5 Å². The molecule has 1 aliphatic rings. The summed E-state index contributed by atoms with van der Waals surface area (Å²) >= 11 is 0. The Morgan fingerprint density at radius 1 is 1.13 bits per heavy atom. The van der Waals surface area contributed by atoms with Crippen LogP contribution in [0, 0.1) is 13.8 Å². The van der Waals surface area contributed by atoms with Crippen molar-refractivity contribution in [3.05, 3.63) is 70.3 Å². The molecule has 1 aliphatic heterocycles. The van der Waals surface area contributed by atoms with Crippen LogP contribution in [0.25, 0.3) is 5.76 Å². The molecule has 0 aliphatic carbocycles. The van der Waals surface area contributed by atoms with Crippen molar-refractivity contribution in [3.8, 4) is 5.75 Å². The standard InChI is InChI=1S/C24H28N2O4/c1-15-10-11-19(30-5)18(14-15)22(27)20-21(17-9-7-6-8-16(17)2)26(13-12-25(3)4)24(29)23(20)28/h6-11,14,21,27H,12-13H2,1-5H3/b22-20+. The number of hydrogen-bond acceptors (Lipinski definition) is 5. The zero-order valence-corrected chi connectivity index (χ0v) is 18.1. The molecule has 1 amide bonds. The number of amides is 1. The number of aryl methyl sites for hydroxylation is 2. The highest BCUT2D eigenvalue weighted by Crippen LogP contribution is 2.41. The second-order valence-electron chi connectivity index (χ2n) is 7.86. The quantitative estimate of drug-likeness (QED) is 0.451. The Balaban J connectivity index is 2.24. The molecule has 2 aromatic carbocycles. The number of Topliss-reactive ketones (excluding diaryl/α,β-unsaturated/α-hetero) is 1. The third-order valence-corrected chi connectivity index (χ3v) is 5.42. The Labute approximate surface area is 177 Å². The Hall–Kier alpha value is -3.12. The number of benzene rings is 2. The summed E-state index contributed by atoms with van der Waals surface area (Å²) in [7, 11) is 5.34. The molecule has 1 heterocycles. The molecule has 0 aromatic heterocycles. The van der Waals surface area contributed by atoms with Gasteiger partial charge in [0.2, 0.25) is 0 Å². The number of likely N-dealkylation sites (N-methyl/N-ethyl adjacent to an activating group) is 1. The summed E-state index contributed by atoms with van der Waals surface area (Å²) in [5.74, 6) is -1.04.